The largest absolute Gasteiger partial charge is 0.508 e. The van der Waals surface area contributed by atoms with E-state index < -0.39 is 0 Å². The lowest BCUT2D eigenvalue weighted by atomic mass is 10.2. The maximum Gasteiger partial charge on any atom is 0.335 e. The number of hydrogen-bond acceptors (Lipinski definition) is 3. The van der Waals surface area contributed by atoms with Crippen molar-refractivity contribution >= 4 is 23.1 Å². The van der Waals surface area contributed by atoms with E-state index >= 15 is 0 Å². The number of fused-ring (bicyclic) bond motifs is 1. The van der Waals surface area contributed by atoms with Gasteiger partial charge in [-0.3, -0.25) is 0 Å². The topological polar surface area (TPSA) is 89.5 Å². The molecule has 0 saturated heterocycles. The third-order valence-corrected chi connectivity index (χ3v) is 3.13. The van der Waals surface area contributed by atoms with Gasteiger partial charge in [0.05, 0.1) is 6.21 Å². The first-order valence-electron chi connectivity index (χ1n) is 7.07. The van der Waals surface area contributed by atoms with Crippen LogP contribution in [-0.4, -0.2) is 28.9 Å². The van der Waals surface area contributed by atoms with Crippen molar-refractivity contribution in [3.05, 3.63) is 30.0 Å². The van der Waals surface area contributed by atoms with Crippen LogP contribution in [0.25, 0.3) is 10.9 Å². The van der Waals surface area contributed by atoms with E-state index in [2.05, 4.69) is 27.8 Å². The summed E-state index contributed by atoms with van der Waals surface area (Å²) in [5.74, 6) is 0.193. The van der Waals surface area contributed by atoms with Gasteiger partial charge in [-0.25, -0.2) is 10.2 Å². The predicted molar refractivity (Wildman–Crippen MR) is 83.6 cm³/mol. The number of unbranched alkanes of at least 4 members (excludes halogenated alkanes) is 2. The first kappa shape index (κ1) is 14.9. The minimum Gasteiger partial charge on any atom is -0.508 e. The Morgan fingerprint density at radius 1 is 1.43 bits per heavy atom. The zero-order valence-electron chi connectivity index (χ0n) is 12.0. The van der Waals surface area contributed by atoms with Crippen LogP contribution in [0.5, 0.6) is 5.75 Å². The van der Waals surface area contributed by atoms with Crippen LogP contribution in [0.4, 0.5) is 4.79 Å². The maximum atomic E-state index is 11.5. The molecule has 0 fully saturated rings. The second kappa shape index (κ2) is 7.33. The average Bonchev–Trinajstić information content (AvgIpc) is 2.86. The van der Waals surface area contributed by atoms with Gasteiger partial charge >= 0.3 is 6.03 Å². The molecule has 0 atom stereocenters. The van der Waals surface area contributed by atoms with Crippen LogP contribution in [0.1, 0.15) is 31.7 Å². The SMILES string of the molecule is CCCCCNC(=O)N/N=C/c1c[nH]c2ccc(O)cc12. The predicted octanol–water partition coefficient (Wildman–Crippen LogP) is 2.70. The lowest BCUT2D eigenvalue weighted by molar-refractivity contribution is 0.241. The van der Waals surface area contributed by atoms with Crippen molar-refractivity contribution in [2.24, 2.45) is 5.10 Å². The molecule has 2 amide bonds. The summed E-state index contributed by atoms with van der Waals surface area (Å²) in [6.45, 7) is 2.76. The Labute approximate surface area is 123 Å². The average molecular weight is 288 g/mol. The van der Waals surface area contributed by atoms with E-state index in [0.717, 1.165) is 35.7 Å². The Kier molecular flexibility index (Phi) is 5.20. The second-order valence-electron chi connectivity index (χ2n) is 4.81. The molecule has 1 aromatic carbocycles. The monoisotopic (exact) mass is 288 g/mol. The number of amides is 2. The molecule has 0 aliphatic carbocycles. The smallest absolute Gasteiger partial charge is 0.335 e. The molecule has 2 rings (SSSR count). The van der Waals surface area contributed by atoms with Crippen molar-refractivity contribution in [2.45, 2.75) is 26.2 Å². The number of hydrogen-bond donors (Lipinski definition) is 4. The molecular formula is C15H20N4O2. The van der Waals surface area contributed by atoms with Crippen LogP contribution in [0, 0.1) is 0 Å². The van der Waals surface area contributed by atoms with Crippen molar-refractivity contribution in [2.75, 3.05) is 6.54 Å². The number of carbonyl (C=O) groups is 1. The summed E-state index contributed by atoms with van der Waals surface area (Å²) in [7, 11) is 0. The van der Waals surface area contributed by atoms with Crippen molar-refractivity contribution in [1.29, 1.82) is 0 Å². The number of carbonyl (C=O) groups excluding carboxylic acids is 1. The number of urea groups is 1. The van der Waals surface area contributed by atoms with Crippen LogP contribution in [-0.2, 0) is 0 Å². The van der Waals surface area contributed by atoms with E-state index in [1.54, 1.807) is 30.6 Å². The van der Waals surface area contributed by atoms with E-state index in [4.69, 9.17) is 0 Å². The molecule has 6 nitrogen and oxygen atoms in total. The lowest BCUT2D eigenvalue weighted by Crippen LogP contribution is -2.32. The summed E-state index contributed by atoms with van der Waals surface area (Å²) in [5, 5.41) is 17.0. The molecule has 0 radical (unpaired) electrons. The molecule has 2 aromatic rings. The highest BCUT2D eigenvalue weighted by atomic mass is 16.3. The number of aromatic nitrogens is 1. The summed E-state index contributed by atoms with van der Waals surface area (Å²) < 4.78 is 0. The molecule has 4 N–H and O–H groups in total. The van der Waals surface area contributed by atoms with E-state index in [0.29, 0.717) is 6.54 Å². The van der Waals surface area contributed by atoms with Crippen LogP contribution < -0.4 is 10.7 Å². The van der Waals surface area contributed by atoms with E-state index in [1.807, 2.05) is 0 Å². The quantitative estimate of drug-likeness (QED) is 0.374. The molecule has 0 unspecified atom stereocenters. The Morgan fingerprint density at radius 3 is 3.10 bits per heavy atom. The number of nitrogens with zero attached hydrogens (tertiary/aromatic N) is 1. The minimum absolute atomic E-state index is 0.193. The Balaban J connectivity index is 1.88. The number of phenols is 1. The van der Waals surface area contributed by atoms with Gasteiger partial charge in [0.1, 0.15) is 5.75 Å². The highest BCUT2D eigenvalue weighted by Gasteiger charge is 2.02. The van der Waals surface area contributed by atoms with E-state index in [-0.39, 0.29) is 11.8 Å². The van der Waals surface area contributed by atoms with Gasteiger partial charge in [-0.2, -0.15) is 5.10 Å². The fourth-order valence-electron chi connectivity index (χ4n) is 2.01. The van der Waals surface area contributed by atoms with Gasteiger partial charge in [-0.15, -0.1) is 0 Å². The van der Waals surface area contributed by atoms with Crippen LogP contribution >= 0.6 is 0 Å². The van der Waals surface area contributed by atoms with Crippen molar-refractivity contribution in [3.8, 4) is 5.75 Å². The zero-order valence-corrected chi connectivity index (χ0v) is 12.0. The molecule has 0 aliphatic rings. The number of benzene rings is 1. The van der Waals surface area contributed by atoms with Gasteiger partial charge in [0.2, 0.25) is 0 Å². The van der Waals surface area contributed by atoms with Gasteiger partial charge in [-0.05, 0) is 24.6 Å². The van der Waals surface area contributed by atoms with Crippen molar-refractivity contribution in [3.63, 3.8) is 0 Å². The van der Waals surface area contributed by atoms with E-state index in [9.17, 15) is 9.90 Å². The first-order chi connectivity index (χ1) is 10.2. The Bertz CT molecular complexity index is 634. The number of aromatic amines is 1. The van der Waals surface area contributed by atoms with Crippen LogP contribution in [0.2, 0.25) is 0 Å². The minimum atomic E-state index is -0.315. The number of rotatable bonds is 6. The summed E-state index contributed by atoms with van der Waals surface area (Å²) in [5.41, 5.74) is 4.12. The standard InChI is InChI=1S/C15H20N4O2/c1-2-3-4-7-16-15(21)19-18-10-11-9-17-14-6-5-12(20)8-13(11)14/h5-6,8-10,17,20H,2-4,7H2,1H3,(H2,16,19,21)/b18-10+. The van der Waals surface area contributed by atoms with E-state index in [1.165, 1.54) is 0 Å². The summed E-state index contributed by atoms with van der Waals surface area (Å²) in [4.78, 5) is 14.5. The molecule has 6 heteroatoms. The Hall–Kier alpha value is -2.50. The fourth-order valence-corrected chi connectivity index (χ4v) is 2.01. The summed E-state index contributed by atoms with van der Waals surface area (Å²) in [6, 6.07) is 4.74. The third-order valence-electron chi connectivity index (χ3n) is 3.13. The Morgan fingerprint density at radius 2 is 2.29 bits per heavy atom. The lowest BCUT2D eigenvalue weighted by Gasteiger charge is -2.02. The molecule has 0 spiro atoms. The number of nitrogens with one attached hydrogen (secondary N) is 3. The first-order valence-corrected chi connectivity index (χ1v) is 7.07. The van der Waals surface area contributed by atoms with Gasteiger partial charge in [0.25, 0.3) is 0 Å². The molecule has 0 aliphatic heterocycles. The van der Waals surface area contributed by atoms with Crippen molar-refractivity contribution < 1.29 is 9.90 Å². The zero-order chi connectivity index (χ0) is 15.1. The second-order valence-corrected chi connectivity index (χ2v) is 4.81. The molecule has 1 aromatic heterocycles. The summed E-state index contributed by atoms with van der Waals surface area (Å²) >= 11 is 0. The number of hydrazone groups is 1. The van der Waals surface area contributed by atoms with Crippen LogP contribution in [0.3, 0.4) is 0 Å². The summed E-state index contributed by atoms with van der Waals surface area (Å²) in [6.07, 6.45) is 6.50. The highest BCUT2D eigenvalue weighted by molar-refractivity contribution is 5.99. The normalized spacial score (nSPS) is 11.1. The van der Waals surface area contributed by atoms with Gasteiger partial charge in [0, 0.05) is 29.2 Å². The molecule has 0 saturated carbocycles. The van der Waals surface area contributed by atoms with Gasteiger partial charge in [-0.1, -0.05) is 19.8 Å². The molecule has 0 bridgehead atoms. The number of aromatic hydroxyl groups is 1. The molecule has 1 heterocycles. The fraction of sp³-hybridized carbons (Fsp3) is 0.333. The van der Waals surface area contributed by atoms with Crippen molar-refractivity contribution in [1.82, 2.24) is 15.7 Å². The number of phenolic OH excluding ortho intramolecular Hbond substituents is 1. The van der Waals surface area contributed by atoms with Gasteiger partial charge in [0.15, 0.2) is 0 Å². The van der Waals surface area contributed by atoms with Gasteiger partial charge < -0.3 is 15.4 Å². The third kappa shape index (κ3) is 4.24. The molecule has 112 valence electrons. The maximum absolute atomic E-state index is 11.5. The molecular weight excluding hydrogens is 268 g/mol. The number of H-pyrrole nitrogens is 1. The molecule has 21 heavy (non-hydrogen) atoms. The van der Waals surface area contributed by atoms with Crippen LogP contribution in [0.15, 0.2) is 29.5 Å². The highest BCUT2D eigenvalue weighted by Crippen LogP contribution is 2.21.